The number of aliphatic carboxylic acids is 1. The maximum absolute atomic E-state index is 12.5. The Bertz CT molecular complexity index is 498. The van der Waals surface area contributed by atoms with Gasteiger partial charge in [0.05, 0.1) is 0 Å². The molecule has 1 fully saturated rings. The van der Waals surface area contributed by atoms with E-state index in [0.717, 1.165) is 12.0 Å². The minimum absolute atomic E-state index is 0.215. The topological polar surface area (TPSA) is 83.6 Å². The molecule has 1 aromatic rings. The number of carboxylic acid groups (broad SMARTS) is 1. The monoisotopic (exact) mass is 276 g/mol. The van der Waals surface area contributed by atoms with Crippen LogP contribution in [0.1, 0.15) is 35.7 Å². The van der Waals surface area contributed by atoms with Gasteiger partial charge in [0.15, 0.2) is 0 Å². The summed E-state index contributed by atoms with van der Waals surface area (Å²) >= 11 is 0. The number of likely N-dealkylation sites (tertiary alicyclic amines) is 1. The fourth-order valence-electron chi connectivity index (χ4n) is 2.57. The summed E-state index contributed by atoms with van der Waals surface area (Å²) in [6.45, 7) is 2.94. The van der Waals surface area contributed by atoms with Gasteiger partial charge in [-0.3, -0.25) is 4.79 Å². The van der Waals surface area contributed by atoms with Crippen molar-refractivity contribution in [3.63, 3.8) is 0 Å². The lowest BCUT2D eigenvalue weighted by Crippen LogP contribution is -2.49. The molecule has 1 aliphatic rings. The molecule has 1 heterocycles. The number of piperidine rings is 1. The average Bonchev–Trinajstić information content (AvgIpc) is 2.46. The van der Waals surface area contributed by atoms with Crippen LogP contribution in [0.5, 0.6) is 0 Å². The number of amides is 1. The number of nitrogens with zero attached hydrogens (tertiary/aromatic N) is 1. The minimum Gasteiger partial charge on any atom is -0.480 e. The number of carbonyl (C=O) groups excluding carboxylic acids is 1. The molecule has 1 aromatic carbocycles. The van der Waals surface area contributed by atoms with Crippen LogP contribution in [0, 0.1) is 5.92 Å². The molecule has 0 radical (unpaired) electrons. The third-order valence-electron chi connectivity index (χ3n) is 3.85. The molecule has 5 heteroatoms. The molecular weight excluding hydrogens is 256 g/mol. The highest BCUT2D eigenvalue weighted by Gasteiger charge is 2.35. The van der Waals surface area contributed by atoms with Crippen LogP contribution in [0.3, 0.4) is 0 Å². The molecule has 108 valence electrons. The summed E-state index contributed by atoms with van der Waals surface area (Å²) in [7, 11) is 0. The molecule has 0 bridgehead atoms. The normalized spacial score (nSPS) is 22.6. The molecule has 20 heavy (non-hydrogen) atoms. The molecular formula is C15H20N2O3. The van der Waals surface area contributed by atoms with Crippen LogP contribution in [-0.2, 0) is 11.3 Å². The van der Waals surface area contributed by atoms with Crippen molar-refractivity contribution in [1.29, 1.82) is 0 Å². The van der Waals surface area contributed by atoms with Gasteiger partial charge >= 0.3 is 5.97 Å². The molecule has 3 N–H and O–H groups in total. The SMILES string of the molecule is CC1CCN(C(=O)c2ccc(CN)cc2)C(C(=O)O)C1. The van der Waals surface area contributed by atoms with E-state index in [9.17, 15) is 14.7 Å². The molecule has 1 amide bonds. The van der Waals surface area contributed by atoms with Crippen molar-refractivity contribution in [2.45, 2.75) is 32.4 Å². The molecule has 0 aromatic heterocycles. The summed E-state index contributed by atoms with van der Waals surface area (Å²) in [4.78, 5) is 25.3. The predicted molar refractivity (Wildman–Crippen MR) is 75.2 cm³/mol. The molecule has 5 nitrogen and oxygen atoms in total. The van der Waals surface area contributed by atoms with Crippen molar-refractivity contribution in [3.05, 3.63) is 35.4 Å². The zero-order valence-electron chi connectivity index (χ0n) is 11.6. The lowest BCUT2D eigenvalue weighted by Gasteiger charge is -2.36. The van der Waals surface area contributed by atoms with E-state index in [1.165, 1.54) is 4.90 Å². The summed E-state index contributed by atoms with van der Waals surface area (Å²) < 4.78 is 0. The Morgan fingerprint density at radius 3 is 2.55 bits per heavy atom. The van der Waals surface area contributed by atoms with E-state index in [-0.39, 0.29) is 5.91 Å². The van der Waals surface area contributed by atoms with Gasteiger partial charge < -0.3 is 15.7 Å². The van der Waals surface area contributed by atoms with Gasteiger partial charge in [-0.15, -0.1) is 0 Å². The summed E-state index contributed by atoms with van der Waals surface area (Å²) in [6.07, 6.45) is 1.36. The Hall–Kier alpha value is -1.88. The third-order valence-corrected chi connectivity index (χ3v) is 3.85. The second-order valence-electron chi connectivity index (χ2n) is 5.38. The van der Waals surface area contributed by atoms with Crippen molar-refractivity contribution in [3.8, 4) is 0 Å². The summed E-state index contributed by atoms with van der Waals surface area (Å²) in [5, 5.41) is 9.29. The highest BCUT2D eigenvalue weighted by Crippen LogP contribution is 2.24. The molecule has 1 saturated heterocycles. The minimum atomic E-state index is -0.927. The Balaban J connectivity index is 2.19. The Morgan fingerprint density at radius 2 is 2.00 bits per heavy atom. The van der Waals surface area contributed by atoms with Crippen LogP contribution in [0.15, 0.2) is 24.3 Å². The number of benzene rings is 1. The van der Waals surface area contributed by atoms with E-state index in [1.807, 2.05) is 6.92 Å². The molecule has 2 unspecified atom stereocenters. The first-order valence-electron chi connectivity index (χ1n) is 6.85. The van der Waals surface area contributed by atoms with Crippen molar-refractivity contribution in [2.75, 3.05) is 6.54 Å². The molecule has 0 aliphatic carbocycles. The van der Waals surface area contributed by atoms with E-state index in [1.54, 1.807) is 24.3 Å². The zero-order valence-corrected chi connectivity index (χ0v) is 11.6. The van der Waals surface area contributed by atoms with Crippen LogP contribution in [0.25, 0.3) is 0 Å². The van der Waals surface area contributed by atoms with Crippen LogP contribution in [-0.4, -0.2) is 34.5 Å². The van der Waals surface area contributed by atoms with Gasteiger partial charge in [0.1, 0.15) is 6.04 Å². The highest BCUT2D eigenvalue weighted by atomic mass is 16.4. The van der Waals surface area contributed by atoms with Gasteiger partial charge in [0, 0.05) is 18.7 Å². The van der Waals surface area contributed by atoms with Crippen molar-refractivity contribution in [2.24, 2.45) is 11.7 Å². The fourth-order valence-corrected chi connectivity index (χ4v) is 2.57. The summed E-state index contributed by atoms with van der Waals surface area (Å²) in [5.41, 5.74) is 6.99. The summed E-state index contributed by atoms with van der Waals surface area (Å²) in [6, 6.07) is 6.30. The van der Waals surface area contributed by atoms with Gasteiger partial charge in [-0.2, -0.15) is 0 Å². The van der Waals surface area contributed by atoms with Crippen LogP contribution in [0.4, 0.5) is 0 Å². The van der Waals surface area contributed by atoms with E-state index in [4.69, 9.17) is 5.73 Å². The number of hydrogen-bond acceptors (Lipinski definition) is 3. The number of carboxylic acids is 1. The Morgan fingerprint density at radius 1 is 1.35 bits per heavy atom. The molecule has 1 aliphatic heterocycles. The second-order valence-corrected chi connectivity index (χ2v) is 5.38. The van der Waals surface area contributed by atoms with E-state index >= 15 is 0 Å². The highest BCUT2D eigenvalue weighted by molar-refractivity contribution is 5.96. The van der Waals surface area contributed by atoms with Gasteiger partial charge in [0.25, 0.3) is 5.91 Å². The number of hydrogen-bond donors (Lipinski definition) is 2. The first-order valence-corrected chi connectivity index (χ1v) is 6.85. The molecule has 0 saturated carbocycles. The van der Waals surface area contributed by atoms with Gasteiger partial charge in [0.2, 0.25) is 0 Å². The standard InChI is InChI=1S/C15H20N2O3/c1-10-6-7-17(13(8-10)15(19)20)14(18)12-4-2-11(9-16)3-5-12/h2-5,10,13H,6-9,16H2,1H3,(H,19,20). The Kier molecular flexibility index (Phi) is 4.39. The maximum Gasteiger partial charge on any atom is 0.326 e. The zero-order chi connectivity index (χ0) is 14.7. The first-order chi connectivity index (χ1) is 9.52. The average molecular weight is 276 g/mol. The lowest BCUT2D eigenvalue weighted by molar-refractivity contribution is -0.144. The molecule has 2 atom stereocenters. The summed E-state index contributed by atoms with van der Waals surface area (Å²) in [5.74, 6) is -0.809. The third kappa shape index (κ3) is 2.99. The van der Waals surface area contributed by atoms with Crippen molar-refractivity contribution < 1.29 is 14.7 Å². The van der Waals surface area contributed by atoms with E-state index < -0.39 is 12.0 Å². The molecule has 0 spiro atoms. The predicted octanol–water partition coefficient (Wildman–Crippen LogP) is 1.47. The fraction of sp³-hybridized carbons (Fsp3) is 0.467. The Labute approximate surface area is 118 Å². The largest absolute Gasteiger partial charge is 0.480 e. The number of nitrogens with two attached hydrogens (primary N) is 1. The van der Waals surface area contributed by atoms with Crippen LogP contribution in [0.2, 0.25) is 0 Å². The second kappa shape index (κ2) is 6.05. The number of rotatable bonds is 3. The van der Waals surface area contributed by atoms with Crippen molar-refractivity contribution >= 4 is 11.9 Å². The van der Waals surface area contributed by atoms with E-state index in [0.29, 0.717) is 31.0 Å². The van der Waals surface area contributed by atoms with Crippen LogP contribution >= 0.6 is 0 Å². The van der Waals surface area contributed by atoms with Gasteiger partial charge in [-0.1, -0.05) is 19.1 Å². The van der Waals surface area contributed by atoms with Crippen molar-refractivity contribution in [1.82, 2.24) is 4.90 Å². The van der Waals surface area contributed by atoms with Crippen LogP contribution < -0.4 is 5.73 Å². The van der Waals surface area contributed by atoms with Gasteiger partial charge in [-0.25, -0.2) is 4.79 Å². The quantitative estimate of drug-likeness (QED) is 0.875. The maximum atomic E-state index is 12.5. The first kappa shape index (κ1) is 14.5. The number of carbonyl (C=O) groups is 2. The van der Waals surface area contributed by atoms with Gasteiger partial charge in [-0.05, 0) is 36.5 Å². The molecule has 2 rings (SSSR count). The lowest BCUT2D eigenvalue weighted by atomic mass is 9.92. The smallest absolute Gasteiger partial charge is 0.326 e. The van der Waals surface area contributed by atoms with E-state index in [2.05, 4.69) is 0 Å².